The van der Waals surface area contributed by atoms with Gasteiger partial charge in [0, 0.05) is 23.3 Å². The van der Waals surface area contributed by atoms with Crippen LogP contribution in [0.15, 0.2) is 53.7 Å². The van der Waals surface area contributed by atoms with Gasteiger partial charge in [0.2, 0.25) is 5.91 Å². The van der Waals surface area contributed by atoms with Crippen molar-refractivity contribution in [1.82, 2.24) is 14.8 Å². The Balaban J connectivity index is 1.72. The van der Waals surface area contributed by atoms with E-state index >= 15 is 0 Å². The topological polar surface area (TPSA) is 59.8 Å². The van der Waals surface area contributed by atoms with Crippen LogP contribution in [-0.2, 0) is 11.8 Å². The lowest BCUT2D eigenvalue weighted by Gasteiger charge is -2.16. The van der Waals surface area contributed by atoms with Crippen molar-refractivity contribution in [1.29, 1.82) is 0 Å². The highest BCUT2D eigenvalue weighted by Gasteiger charge is 2.20. The van der Waals surface area contributed by atoms with Crippen molar-refractivity contribution in [3.8, 4) is 11.4 Å². The number of nitrogens with one attached hydrogen (secondary N) is 1. The Labute approximate surface area is 174 Å². The minimum atomic E-state index is -0.318. The molecule has 146 valence electrons. The molecule has 3 aromatic rings. The van der Waals surface area contributed by atoms with Gasteiger partial charge < -0.3 is 9.88 Å². The zero-order chi connectivity index (χ0) is 20.3. The van der Waals surface area contributed by atoms with Gasteiger partial charge in [-0.25, -0.2) is 0 Å². The van der Waals surface area contributed by atoms with Crippen LogP contribution in [0.1, 0.15) is 32.3 Å². The van der Waals surface area contributed by atoms with Gasteiger partial charge in [0.25, 0.3) is 0 Å². The summed E-state index contributed by atoms with van der Waals surface area (Å²) < 4.78 is 1.89. The lowest BCUT2D eigenvalue weighted by Crippen LogP contribution is -2.23. The van der Waals surface area contributed by atoms with Crippen molar-refractivity contribution >= 4 is 35.0 Å². The lowest BCUT2D eigenvalue weighted by molar-refractivity contribution is -0.115. The molecule has 0 saturated carbocycles. The van der Waals surface area contributed by atoms with E-state index in [2.05, 4.69) is 29.4 Å². The summed E-state index contributed by atoms with van der Waals surface area (Å²) in [6.07, 6.45) is 0. The largest absolute Gasteiger partial charge is 0.325 e. The van der Waals surface area contributed by atoms with Gasteiger partial charge in [0.15, 0.2) is 11.0 Å². The van der Waals surface area contributed by atoms with Crippen LogP contribution in [0.4, 0.5) is 5.69 Å². The van der Waals surface area contributed by atoms with E-state index in [0.29, 0.717) is 16.1 Å². The van der Waals surface area contributed by atoms with Gasteiger partial charge in [0.1, 0.15) is 0 Å². The number of hydrogen-bond acceptors (Lipinski definition) is 4. The van der Waals surface area contributed by atoms with E-state index < -0.39 is 0 Å². The van der Waals surface area contributed by atoms with Crippen LogP contribution in [0.3, 0.4) is 0 Å². The fraction of sp³-hybridized carbons (Fsp3) is 0.286. The molecule has 7 heteroatoms. The summed E-state index contributed by atoms with van der Waals surface area (Å²) in [7, 11) is 1.89. The molecule has 1 N–H and O–H groups in total. The Bertz CT molecular complexity index is 969. The van der Waals surface area contributed by atoms with Crippen LogP contribution in [0.25, 0.3) is 11.4 Å². The molecule has 5 nitrogen and oxygen atoms in total. The normalized spacial score (nSPS) is 12.2. The first-order valence-corrected chi connectivity index (χ1v) is 10.3. The van der Waals surface area contributed by atoms with Crippen LogP contribution in [0, 0.1) is 0 Å². The third-order valence-electron chi connectivity index (χ3n) is 4.43. The molecular weight excluding hydrogens is 392 g/mol. The monoisotopic (exact) mass is 414 g/mol. The maximum absolute atomic E-state index is 12.7. The first-order chi connectivity index (χ1) is 13.4. The van der Waals surface area contributed by atoms with Crippen LogP contribution in [-0.4, -0.2) is 25.9 Å². The van der Waals surface area contributed by atoms with Gasteiger partial charge in [-0.3, -0.25) is 4.79 Å². The summed E-state index contributed by atoms with van der Waals surface area (Å²) in [6, 6.07) is 15.3. The highest BCUT2D eigenvalue weighted by Crippen LogP contribution is 2.28. The van der Waals surface area contributed by atoms with E-state index in [9.17, 15) is 4.79 Å². The Hall–Kier alpha value is -2.31. The molecule has 3 rings (SSSR count). The smallest absolute Gasteiger partial charge is 0.237 e. The first-order valence-electron chi connectivity index (χ1n) is 9.08. The molecular formula is C21H23ClN4OS. The SMILES string of the molecule is CC(C)c1ccccc1NC(=O)[C@H](C)Sc1nnc(-c2ccc(Cl)cc2)n1C. The minimum Gasteiger partial charge on any atom is -0.325 e. The van der Waals surface area contributed by atoms with Crippen molar-refractivity contribution in [3.63, 3.8) is 0 Å². The summed E-state index contributed by atoms with van der Waals surface area (Å²) in [5.74, 6) is 1.01. The number of hydrogen-bond donors (Lipinski definition) is 1. The predicted octanol–water partition coefficient (Wildman–Crippen LogP) is 5.38. The summed E-state index contributed by atoms with van der Waals surface area (Å²) in [6.45, 7) is 6.09. The number of para-hydroxylation sites is 1. The van der Waals surface area contributed by atoms with E-state index in [1.807, 2.05) is 67.1 Å². The molecule has 1 aromatic heterocycles. The van der Waals surface area contributed by atoms with Gasteiger partial charge in [-0.15, -0.1) is 10.2 Å². The second kappa shape index (κ2) is 8.80. The highest BCUT2D eigenvalue weighted by atomic mass is 35.5. The maximum atomic E-state index is 12.7. The number of carbonyl (C=O) groups is 1. The summed E-state index contributed by atoms with van der Waals surface area (Å²) in [4.78, 5) is 12.7. The van der Waals surface area contributed by atoms with E-state index in [4.69, 9.17) is 11.6 Å². The molecule has 0 unspecified atom stereocenters. The average molecular weight is 415 g/mol. The lowest BCUT2D eigenvalue weighted by atomic mass is 10.0. The molecule has 0 saturated heterocycles. The number of carbonyl (C=O) groups excluding carboxylic acids is 1. The van der Waals surface area contributed by atoms with Gasteiger partial charge in [-0.2, -0.15) is 0 Å². The zero-order valence-electron chi connectivity index (χ0n) is 16.3. The molecule has 0 aliphatic heterocycles. The number of benzene rings is 2. The van der Waals surface area contributed by atoms with Crippen LogP contribution in [0.5, 0.6) is 0 Å². The van der Waals surface area contributed by atoms with Gasteiger partial charge in [0.05, 0.1) is 5.25 Å². The van der Waals surface area contributed by atoms with E-state index in [1.165, 1.54) is 11.8 Å². The van der Waals surface area contributed by atoms with E-state index in [0.717, 1.165) is 22.6 Å². The Morgan fingerprint density at radius 2 is 1.75 bits per heavy atom. The second-order valence-corrected chi connectivity index (χ2v) is 8.61. The van der Waals surface area contributed by atoms with E-state index in [-0.39, 0.29) is 11.2 Å². The molecule has 0 aliphatic rings. The minimum absolute atomic E-state index is 0.0610. The number of aromatic nitrogens is 3. The van der Waals surface area contributed by atoms with E-state index in [1.54, 1.807) is 0 Å². The van der Waals surface area contributed by atoms with Gasteiger partial charge in [-0.05, 0) is 48.7 Å². The third kappa shape index (κ3) is 4.56. The number of nitrogens with zero attached hydrogens (tertiary/aromatic N) is 3. The zero-order valence-corrected chi connectivity index (χ0v) is 17.9. The van der Waals surface area contributed by atoms with Crippen LogP contribution in [0.2, 0.25) is 5.02 Å². The molecule has 1 atom stereocenters. The molecule has 0 bridgehead atoms. The molecule has 0 radical (unpaired) electrons. The molecule has 1 amide bonds. The first kappa shape index (κ1) is 20.4. The van der Waals surface area contributed by atoms with Crippen LogP contribution < -0.4 is 5.32 Å². The molecule has 0 spiro atoms. The fourth-order valence-corrected chi connectivity index (χ4v) is 3.77. The molecule has 2 aromatic carbocycles. The molecule has 0 aliphatic carbocycles. The Morgan fingerprint density at radius 1 is 1.07 bits per heavy atom. The quantitative estimate of drug-likeness (QED) is 0.550. The average Bonchev–Trinajstić information content (AvgIpc) is 3.03. The number of thioether (sulfide) groups is 1. The predicted molar refractivity (Wildman–Crippen MR) is 116 cm³/mol. The van der Waals surface area contributed by atoms with Gasteiger partial charge >= 0.3 is 0 Å². The fourth-order valence-electron chi connectivity index (χ4n) is 2.83. The standard InChI is InChI=1S/C21H23ClN4OS/c1-13(2)17-7-5-6-8-18(17)23-20(27)14(3)28-21-25-24-19(26(21)4)15-9-11-16(22)12-10-15/h5-14H,1-4H3,(H,23,27)/t14-/m0/s1. The summed E-state index contributed by atoms with van der Waals surface area (Å²) in [5, 5.41) is 12.6. The second-order valence-electron chi connectivity index (χ2n) is 6.86. The van der Waals surface area contributed by atoms with Crippen LogP contribution >= 0.6 is 23.4 Å². The highest BCUT2D eigenvalue weighted by molar-refractivity contribution is 8.00. The van der Waals surface area contributed by atoms with Crippen molar-refractivity contribution in [2.75, 3.05) is 5.32 Å². The number of anilines is 1. The number of amides is 1. The Kier molecular flexibility index (Phi) is 6.42. The Morgan fingerprint density at radius 3 is 2.43 bits per heavy atom. The number of halogens is 1. The van der Waals surface area contributed by atoms with Crippen molar-refractivity contribution in [2.45, 2.75) is 37.1 Å². The van der Waals surface area contributed by atoms with Crippen molar-refractivity contribution in [3.05, 3.63) is 59.1 Å². The third-order valence-corrected chi connectivity index (χ3v) is 5.82. The van der Waals surface area contributed by atoms with Crippen molar-refractivity contribution in [2.24, 2.45) is 7.05 Å². The molecule has 0 fully saturated rings. The molecule has 28 heavy (non-hydrogen) atoms. The van der Waals surface area contributed by atoms with Crippen molar-refractivity contribution < 1.29 is 4.79 Å². The maximum Gasteiger partial charge on any atom is 0.237 e. The summed E-state index contributed by atoms with van der Waals surface area (Å²) in [5.41, 5.74) is 2.90. The van der Waals surface area contributed by atoms with Gasteiger partial charge in [-0.1, -0.05) is 55.4 Å². The number of rotatable bonds is 6. The molecule has 1 heterocycles. The summed E-state index contributed by atoms with van der Waals surface area (Å²) >= 11 is 7.34.